The van der Waals surface area contributed by atoms with Crippen LogP contribution in [-0.4, -0.2) is 14.2 Å². The molecule has 1 aromatic carbocycles. The minimum atomic E-state index is -0.118. The highest BCUT2D eigenvalue weighted by atomic mass is 16.3. The highest BCUT2D eigenvalue weighted by Crippen LogP contribution is 2.02. The first kappa shape index (κ1) is 10.7. The number of rotatable bonds is 3. The van der Waals surface area contributed by atoms with E-state index in [4.69, 9.17) is 5.11 Å². The lowest BCUT2D eigenvalue weighted by Gasteiger charge is -2.00. The molecule has 84 valence electrons. The summed E-state index contributed by atoms with van der Waals surface area (Å²) in [5.41, 5.74) is 1.59. The molecule has 0 atom stereocenters. The standard InChI is InChI=1S/C12H14N2O2/c1-13-11(9-15)8-14(12(13)16)7-10-5-3-2-4-6-10/h2-6,8,15H,7,9H2,1H3. The molecular weight excluding hydrogens is 204 g/mol. The summed E-state index contributed by atoms with van der Waals surface area (Å²) in [6.45, 7) is 0.418. The summed E-state index contributed by atoms with van der Waals surface area (Å²) in [4.78, 5) is 11.8. The molecule has 0 aliphatic rings. The SMILES string of the molecule is Cn1c(CO)cn(Cc2ccccc2)c1=O. The zero-order chi connectivity index (χ0) is 11.5. The van der Waals surface area contributed by atoms with Crippen molar-refractivity contribution in [3.8, 4) is 0 Å². The number of hydrogen-bond acceptors (Lipinski definition) is 2. The Morgan fingerprint density at radius 3 is 2.50 bits per heavy atom. The summed E-state index contributed by atoms with van der Waals surface area (Å²) in [6, 6.07) is 9.76. The number of aromatic nitrogens is 2. The predicted molar refractivity (Wildman–Crippen MR) is 61.1 cm³/mol. The molecule has 0 fully saturated rings. The second kappa shape index (κ2) is 4.37. The molecular formula is C12H14N2O2. The van der Waals surface area contributed by atoms with Crippen LogP contribution in [0.5, 0.6) is 0 Å². The number of hydrogen-bond donors (Lipinski definition) is 1. The van der Waals surface area contributed by atoms with Crippen LogP contribution in [0.1, 0.15) is 11.3 Å². The Kier molecular flexibility index (Phi) is 2.92. The Labute approximate surface area is 93.4 Å². The van der Waals surface area contributed by atoms with Gasteiger partial charge in [-0.1, -0.05) is 30.3 Å². The first-order valence-corrected chi connectivity index (χ1v) is 5.12. The van der Waals surface area contributed by atoms with E-state index >= 15 is 0 Å². The Hall–Kier alpha value is -1.81. The molecule has 1 N–H and O–H groups in total. The van der Waals surface area contributed by atoms with Crippen LogP contribution >= 0.6 is 0 Å². The minimum absolute atomic E-state index is 0.104. The molecule has 2 aromatic rings. The van der Waals surface area contributed by atoms with Gasteiger partial charge in [0.15, 0.2) is 0 Å². The normalized spacial score (nSPS) is 10.6. The fourth-order valence-corrected chi connectivity index (χ4v) is 1.68. The van der Waals surface area contributed by atoms with E-state index in [9.17, 15) is 4.79 Å². The summed E-state index contributed by atoms with van der Waals surface area (Å²) in [7, 11) is 1.66. The van der Waals surface area contributed by atoms with E-state index in [0.29, 0.717) is 12.2 Å². The van der Waals surface area contributed by atoms with Crippen LogP contribution in [-0.2, 0) is 20.2 Å². The summed E-state index contributed by atoms with van der Waals surface area (Å²) in [5.74, 6) is 0. The van der Waals surface area contributed by atoms with Crippen LogP contribution in [0.3, 0.4) is 0 Å². The molecule has 1 aromatic heterocycles. The van der Waals surface area contributed by atoms with Crippen molar-refractivity contribution in [1.29, 1.82) is 0 Å². The Balaban J connectivity index is 2.33. The van der Waals surface area contributed by atoms with Gasteiger partial charge in [0.05, 0.1) is 18.8 Å². The number of nitrogens with zero attached hydrogens (tertiary/aromatic N) is 2. The predicted octanol–water partition coefficient (Wildman–Crippen LogP) is 0.727. The monoisotopic (exact) mass is 218 g/mol. The summed E-state index contributed by atoms with van der Waals surface area (Å²) < 4.78 is 3.06. The molecule has 0 spiro atoms. The fraction of sp³-hybridized carbons (Fsp3) is 0.250. The van der Waals surface area contributed by atoms with Gasteiger partial charge in [0, 0.05) is 13.2 Å². The van der Waals surface area contributed by atoms with Crippen molar-refractivity contribution in [3.63, 3.8) is 0 Å². The first-order valence-electron chi connectivity index (χ1n) is 5.12. The third kappa shape index (κ3) is 1.92. The molecule has 16 heavy (non-hydrogen) atoms. The third-order valence-electron chi connectivity index (χ3n) is 2.63. The van der Waals surface area contributed by atoms with E-state index in [2.05, 4.69) is 0 Å². The van der Waals surface area contributed by atoms with Crippen LogP contribution in [0.4, 0.5) is 0 Å². The lowest BCUT2D eigenvalue weighted by atomic mass is 10.2. The second-order valence-corrected chi connectivity index (χ2v) is 3.73. The average Bonchev–Trinajstić information content (AvgIpc) is 2.58. The molecule has 0 aliphatic heterocycles. The van der Waals surface area contributed by atoms with Gasteiger partial charge < -0.3 is 5.11 Å². The Morgan fingerprint density at radius 1 is 1.25 bits per heavy atom. The molecule has 0 radical (unpaired) electrons. The fourth-order valence-electron chi connectivity index (χ4n) is 1.68. The first-order chi connectivity index (χ1) is 7.72. The van der Waals surface area contributed by atoms with Crippen LogP contribution in [0.15, 0.2) is 41.3 Å². The largest absolute Gasteiger partial charge is 0.390 e. The van der Waals surface area contributed by atoms with E-state index < -0.39 is 0 Å². The molecule has 2 rings (SSSR count). The molecule has 0 unspecified atom stereocenters. The molecule has 0 amide bonds. The molecule has 0 aliphatic carbocycles. The molecule has 1 heterocycles. The van der Waals surface area contributed by atoms with Gasteiger partial charge in [-0.25, -0.2) is 4.79 Å². The quantitative estimate of drug-likeness (QED) is 0.825. The molecule has 0 bridgehead atoms. The number of aliphatic hydroxyl groups excluding tert-OH is 1. The maximum Gasteiger partial charge on any atom is 0.328 e. The van der Waals surface area contributed by atoms with Crippen molar-refractivity contribution in [1.82, 2.24) is 9.13 Å². The van der Waals surface area contributed by atoms with Crippen molar-refractivity contribution in [2.24, 2.45) is 7.05 Å². The maximum absolute atomic E-state index is 11.8. The van der Waals surface area contributed by atoms with Crippen LogP contribution in [0.25, 0.3) is 0 Å². The third-order valence-corrected chi connectivity index (χ3v) is 2.63. The van der Waals surface area contributed by atoms with Gasteiger partial charge in [0.2, 0.25) is 0 Å². The molecule has 0 saturated heterocycles. The molecule has 4 heteroatoms. The average molecular weight is 218 g/mol. The van der Waals surface area contributed by atoms with Crippen LogP contribution < -0.4 is 5.69 Å². The summed E-state index contributed by atoms with van der Waals surface area (Å²) >= 11 is 0. The van der Waals surface area contributed by atoms with Crippen molar-refractivity contribution >= 4 is 0 Å². The smallest absolute Gasteiger partial charge is 0.328 e. The van der Waals surface area contributed by atoms with E-state index in [0.717, 1.165) is 5.56 Å². The van der Waals surface area contributed by atoms with Gasteiger partial charge in [0.25, 0.3) is 0 Å². The number of benzene rings is 1. The lowest BCUT2D eigenvalue weighted by Crippen LogP contribution is -2.23. The Morgan fingerprint density at radius 2 is 1.94 bits per heavy atom. The van der Waals surface area contributed by atoms with Crippen LogP contribution in [0, 0.1) is 0 Å². The van der Waals surface area contributed by atoms with Gasteiger partial charge in [-0.3, -0.25) is 9.13 Å². The lowest BCUT2D eigenvalue weighted by molar-refractivity contribution is 0.272. The number of imidazole rings is 1. The van der Waals surface area contributed by atoms with E-state index in [1.165, 1.54) is 4.57 Å². The zero-order valence-electron chi connectivity index (χ0n) is 9.13. The molecule has 0 saturated carbocycles. The van der Waals surface area contributed by atoms with Crippen molar-refractivity contribution in [3.05, 3.63) is 58.3 Å². The second-order valence-electron chi connectivity index (χ2n) is 3.73. The maximum atomic E-state index is 11.8. The van der Waals surface area contributed by atoms with Gasteiger partial charge in [0.1, 0.15) is 0 Å². The van der Waals surface area contributed by atoms with E-state index in [1.54, 1.807) is 17.8 Å². The van der Waals surface area contributed by atoms with Crippen molar-refractivity contribution in [2.75, 3.05) is 0 Å². The molecule has 4 nitrogen and oxygen atoms in total. The highest BCUT2D eigenvalue weighted by molar-refractivity contribution is 5.15. The van der Waals surface area contributed by atoms with Gasteiger partial charge in [-0.15, -0.1) is 0 Å². The summed E-state index contributed by atoms with van der Waals surface area (Å²) in [5, 5.41) is 9.05. The van der Waals surface area contributed by atoms with E-state index in [-0.39, 0.29) is 12.3 Å². The van der Waals surface area contributed by atoms with E-state index in [1.807, 2.05) is 30.3 Å². The van der Waals surface area contributed by atoms with Crippen molar-refractivity contribution < 1.29 is 5.11 Å². The van der Waals surface area contributed by atoms with Crippen molar-refractivity contribution in [2.45, 2.75) is 13.2 Å². The van der Waals surface area contributed by atoms with Gasteiger partial charge >= 0.3 is 5.69 Å². The minimum Gasteiger partial charge on any atom is -0.390 e. The highest BCUT2D eigenvalue weighted by Gasteiger charge is 2.06. The zero-order valence-corrected chi connectivity index (χ0v) is 9.13. The van der Waals surface area contributed by atoms with Crippen LogP contribution in [0.2, 0.25) is 0 Å². The topological polar surface area (TPSA) is 47.2 Å². The number of aliphatic hydroxyl groups is 1. The van der Waals surface area contributed by atoms with Gasteiger partial charge in [-0.2, -0.15) is 0 Å². The summed E-state index contributed by atoms with van der Waals surface area (Å²) in [6.07, 6.45) is 1.69. The Bertz CT molecular complexity index is 526. The van der Waals surface area contributed by atoms with Gasteiger partial charge in [-0.05, 0) is 5.56 Å².